The van der Waals surface area contributed by atoms with Crippen LogP contribution in [0.3, 0.4) is 0 Å². The molecule has 0 N–H and O–H groups in total. The molecule has 0 aliphatic carbocycles. The Bertz CT molecular complexity index is 882. The summed E-state index contributed by atoms with van der Waals surface area (Å²) in [5, 5.41) is 0. The number of fused-ring (bicyclic) bond motifs is 2. The molecule has 1 fully saturated rings. The molecule has 3 aliphatic rings. The van der Waals surface area contributed by atoms with Gasteiger partial charge in [0.2, 0.25) is 5.91 Å². The number of amides is 1. The van der Waals surface area contributed by atoms with Gasteiger partial charge in [0.25, 0.3) is 0 Å². The highest BCUT2D eigenvalue weighted by Crippen LogP contribution is 2.48. The van der Waals surface area contributed by atoms with Gasteiger partial charge in [0.1, 0.15) is 6.42 Å². The summed E-state index contributed by atoms with van der Waals surface area (Å²) >= 11 is 0. The van der Waals surface area contributed by atoms with Gasteiger partial charge in [0, 0.05) is 23.7 Å². The van der Waals surface area contributed by atoms with Gasteiger partial charge in [-0.05, 0) is 44.4 Å². The Morgan fingerprint density at radius 1 is 1.18 bits per heavy atom. The molecule has 0 spiro atoms. The van der Waals surface area contributed by atoms with Crippen LogP contribution in [0.2, 0.25) is 0 Å². The zero-order chi connectivity index (χ0) is 19.7. The molecule has 1 saturated heterocycles. The zero-order valence-electron chi connectivity index (χ0n) is 16.5. The maximum absolute atomic E-state index is 12.8. The fourth-order valence-corrected chi connectivity index (χ4v) is 4.37. The van der Waals surface area contributed by atoms with Gasteiger partial charge in [-0.2, -0.15) is 0 Å². The van der Waals surface area contributed by atoms with Gasteiger partial charge in [0.05, 0.1) is 18.5 Å². The van der Waals surface area contributed by atoms with E-state index in [4.69, 9.17) is 0 Å². The lowest BCUT2D eigenvalue weighted by atomic mass is 9.83. The second-order valence-corrected chi connectivity index (χ2v) is 7.58. The number of hydrogen-bond donors (Lipinski definition) is 0. The van der Waals surface area contributed by atoms with Crippen molar-refractivity contribution in [3.05, 3.63) is 65.0 Å². The fraction of sp³-hybridized carbons (Fsp3) is 0.391. The third-order valence-electron chi connectivity index (χ3n) is 5.92. The van der Waals surface area contributed by atoms with E-state index < -0.39 is 5.97 Å². The number of rotatable bonds is 6. The molecular formula is C23H26N2O3. The van der Waals surface area contributed by atoms with Crippen molar-refractivity contribution in [2.24, 2.45) is 0 Å². The molecule has 0 aromatic heterocycles. The molecule has 0 radical (unpaired) electrons. The van der Waals surface area contributed by atoms with Crippen molar-refractivity contribution in [2.45, 2.75) is 38.6 Å². The largest absolute Gasteiger partial charge is 0.469 e. The Hall–Kier alpha value is -2.66. The van der Waals surface area contributed by atoms with E-state index in [1.54, 1.807) is 4.90 Å². The van der Waals surface area contributed by atoms with Gasteiger partial charge in [-0.1, -0.05) is 36.4 Å². The van der Waals surface area contributed by atoms with Crippen LogP contribution in [0.1, 0.15) is 38.2 Å². The summed E-state index contributed by atoms with van der Waals surface area (Å²) in [7, 11) is 1.31. The van der Waals surface area contributed by atoms with Gasteiger partial charge in [-0.25, -0.2) is 0 Å². The van der Waals surface area contributed by atoms with Crippen molar-refractivity contribution in [1.29, 1.82) is 0 Å². The number of carbonyl (C=O) groups is 2. The zero-order valence-corrected chi connectivity index (χ0v) is 16.5. The average molecular weight is 378 g/mol. The number of allylic oxidation sites excluding steroid dienone is 4. The van der Waals surface area contributed by atoms with E-state index in [1.807, 2.05) is 24.3 Å². The quantitative estimate of drug-likeness (QED) is 0.562. The molecule has 1 aromatic rings. The summed E-state index contributed by atoms with van der Waals surface area (Å²) in [6.07, 6.45) is 7.27. The van der Waals surface area contributed by atoms with Gasteiger partial charge in [-0.3, -0.25) is 14.5 Å². The molecule has 5 nitrogen and oxygen atoms in total. The number of nitrogens with zero attached hydrogens (tertiary/aromatic N) is 2. The molecule has 4 rings (SSSR count). The Balaban J connectivity index is 1.61. The minimum absolute atomic E-state index is 0.229. The normalized spacial score (nSPS) is 21.2. The van der Waals surface area contributed by atoms with E-state index in [2.05, 4.69) is 34.8 Å². The number of benzene rings is 1. The van der Waals surface area contributed by atoms with Crippen LogP contribution in [0.25, 0.3) is 5.57 Å². The van der Waals surface area contributed by atoms with E-state index in [9.17, 15) is 9.59 Å². The van der Waals surface area contributed by atoms with E-state index in [0.29, 0.717) is 6.04 Å². The molecule has 2 bridgehead atoms. The number of methoxy groups -OCH3 is 1. The predicted molar refractivity (Wildman–Crippen MR) is 108 cm³/mol. The second-order valence-electron chi connectivity index (χ2n) is 7.58. The second kappa shape index (κ2) is 7.76. The van der Waals surface area contributed by atoms with Crippen molar-refractivity contribution >= 4 is 17.4 Å². The summed E-state index contributed by atoms with van der Waals surface area (Å²) in [5.74, 6) is -0.734. The molecule has 0 unspecified atom stereocenters. The molecule has 28 heavy (non-hydrogen) atoms. The van der Waals surface area contributed by atoms with Crippen LogP contribution >= 0.6 is 0 Å². The van der Waals surface area contributed by atoms with Crippen LogP contribution in [0.5, 0.6) is 0 Å². The SMILES string of the molecule is COC(=O)CC(=O)N1c2ccc(-c3ccccc3)c1c2CCN1CCC[C@H]1C. The Kier molecular flexibility index (Phi) is 5.18. The molecule has 1 atom stereocenters. The summed E-state index contributed by atoms with van der Waals surface area (Å²) in [5.41, 5.74) is 5.22. The summed E-state index contributed by atoms with van der Waals surface area (Å²) in [4.78, 5) is 28.6. The lowest BCUT2D eigenvalue weighted by molar-refractivity contribution is -0.145. The highest BCUT2D eigenvalue weighted by molar-refractivity contribution is 6.02. The van der Waals surface area contributed by atoms with Crippen LogP contribution in [-0.4, -0.2) is 47.9 Å². The minimum atomic E-state index is -0.506. The van der Waals surface area contributed by atoms with Crippen LogP contribution < -0.4 is 0 Å². The number of carbonyl (C=O) groups excluding carboxylic acids is 2. The maximum atomic E-state index is 12.8. The van der Waals surface area contributed by atoms with Gasteiger partial charge >= 0.3 is 5.97 Å². The standard InChI is InChI=1S/C23H26N2O3/c1-16-7-6-13-24(16)14-12-19-20-11-10-18(17-8-4-3-5-9-17)23(19)25(20)21(26)15-22(27)28-2/h3-5,8-11,16H,6-7,12-15H2,1-2H3/t16-/m1/s1. The summed E-state index contributed by atoms with van der Waals surface area (Å²) in [6, 6.07) is 10.7. The van der Waals surface area contributed by atoms with Gasteiger partial charge in [-0.15, -0.1) is 0 Å². The van der Waals surface area contributed by atoms with Gasteiger partial charge < -0.3 is 9.64 Å². The Labute approximate surface area is 166 Å². The molecular weight excluding hydrogens is 352 g/mol. The first-order valence-electron chi connectivity index (χ1n) is 9.95. The minimum Gasteiger partial charge on any atom is -0.469 e. The number of ether oxygens (including phenoxy) is 1. The first-order chi connectivity index (χ1) is 13.6. The van der Waals surface area contributed by atoms with E-state index in [-0.39, 0.29) is 12.3 Å². The third-order valence-corrected chi connectivity index (χ3v) is 5.92. The van der Waals surface area contributed by atoms with Crippen LogP contribution in [0, 0.1) is 0 Å². The van der Waals surface area contributed by atoms with E-state index in [1.165, 1.54) is 25.5 Å². The third kappa shape index (κ3) is 3.31. The lowest BCUT2D eigenvalue weighted by Gasteiger charge is -2.44. The van der Waals surface area contributed by atoms with Crippen molar-refractivity contribution in [1.82, 2.24) is 9.80 Å². The van der Waals surface area contributed by atoms with Crippen molar-refractivity contribution < 1.29 is 14.3 Å². The fourth-order valence-electron chi connectivity index (χ4n) is 4.37. The number of likely N-dealkylation sites (tertiary alicyclic amines) is 1. The highest BCUT2D eigenvalue weighted by atomic mass is 16.5. The maximum Gasteiger partial charge on any atom is 0.315 e. The molecule has 1 aromatic carbocycles. The number of hydrogen-bond acceptors (Lipinski definition) is 4. The first-order valence-corrected chi connectivity index (χ1v) is 9.95. The molecule has 3 aliphatic heterocycles. The van der Waals surface area contributed by atoms with Crippen molar-refractivity contribution in [2.75, 3.05) is 20.2 Å². The Morgan fingerprint density at radius 3 is 2.64 bits per heavy atom. The predicted octanol–water partition coefficient (Wildman–Crippen LogP) is 3.50. The van der Waals surface area contributed by atoms with Crippen LogP contribution in [0.4, 0.5) is 0 Å². The van der Waals surface area contributed by atoms with Crippen molar-refractivity contribution in [3.63, 3.8) is 0 Å². The highest BCUT2D eigenvalue weighted by Gasteiger charge is 2.41. The molecule has 3 heterocycles. The summed E-state index contributed by atoms with van der Waals surface area (Å²) in [6.45, 7) is 4.43. The molecule has 146 valence electrons. The topological polar surface area (TPSA) is 49.9 Å². The Morgan fingerprint density at radius 2 is 1.96 bits per heavy atom. The van der Waals surface area contributed by atoms with Gasteiger partial charge in [0.15, 0.2) is 0 Å². The van der Waals surface area contributed by atoms with Crippen molar-refractivity contribution in [3.8, 4) is 0 Å². The smallest absolute Gasteiger partial charge is 0.315 e. The molecule has 0 saturated carbocycles. The first kappa shape index (κ1) is 18.7. The molecule has 1 amide bonds. The summed E-state index contributed by atoms with van der Waals surface area (Å²) < 4.78 is 4.68. The monoisotopic (exact) mass is 378 g/mol. The van der Waals surface area contributed by atoms with E-state index in [0.717, 1.165) is 42.0 Å². The number of esters is 1. The van der Waals surface area contributed by atoms with Crippen LogP contribution in [-0.2, 0) is 14.3 Å². The molecule has 5 heteroatoms. The average Bonchev–Trinajstić information content (AvgIpc) is 3.13. The van der Waals surface area contributed by atoms with E-state index >= 15 is 0 Å². The van der Waals surface area contributed by atoms with Crippen LogP contribution in [0.15, 0.2) is 59.5 Å². The lowest BCUT2D eigenvalue weighted by Crippen LogP contribution is -2.43.